The first-order valence-corrected chi connectivity index (χ1v) is 6.68. The van der Waals surface area contributed by atoms with E-state index >= 15 is 0 Å². The summed E-state index contributed by atoms with van der Waals surface area (Å²) < 4.78 is 0. The van der Waals surface area contributed by atoms with Crippen LogP contribution in [-0.4, -0.2) is 18.1 Å². The van der Waals surface area contributed by atoms with Crippen LogP contribution in [0.2, 0.25) is 0 Å². The molecule has 0 saturated heterocycles. The molecule has 2 rings (SSSR count). The molecule has 0 amide bonds. The second-order valence-corrected chi connectivity index (χ2v) is 4.77. The highest BCUT2D eigenvalue weighted by atomic mass is 15.2. The number of aromatic nitrogens is 1. The van der Waals surface area contributed by atoms with E-state index < -0.39 is 0 Å². The normalized spacial score (nSPS) is 10.5. The summed E-state index contributed by atoms with van der Waals surface area (Å²) in [5.41, 5.74) is 9.33. The number of benzene rings is 1. The minimum atomic E-state index is 0.689. The van der Waals surface area contributed by atoms with Crippen molar-refractivity contribution in [1.29, 1.82) is 0 Å². The molecule has 0 fully saturated rings. The van der Waals surface area contributed by atoms with Gasteiger partial charge in [-0.2, -0.15) is 0 Å². The summed E-state index contributed by atoms with van der Waals surface area (Å²) in [6.07, 6.45) is 2.81. The second-order valence-electron chi connectivity index (χ2n) is 4.77. The standard InChI is InChI=1S/C16H21N3/c1-13-8-10-18-16(12-13)19(11-5-9-17)15-7-4-3-6-14(15)2/h3-4,6-8,10,12H,5,9,11,17H2,1-2H3. The molecule has 2 N–H and O–H groups in total. The molecule has 1 aromatic carbocycles. The summed E-state index contributed by atoms with van der Waals surface area (Å²) in [5, 5.41) is 0. The molecule has 3 nitrogen and oxygen atoms in total. The number of pyridine rings is 1. The first kappa shape index (κ1) is 13.6. The monoisotopic (exact) mass is 255 g/mol. The van der Waals surface area contributed by atoms with Crippen LogP contribution in [0, 0.1) is 13.8 Å². The van der Waals surface area contributed by atoms with E-state index in [1.807, 2.05) is 12.3 Å². The van der Waals surface area contributed by atoms with Gasteiger partial charge in [0, 0.05) is 18.4 Å². The van der Waals surface area contributed by atoms with Gasteiger partial charge < -0.3 is 10.6 Å². The third-order valence-electron chi connectivity index (χ3n) is 3.17. The third-order valence-corrected chi connectivity index (χ3v) is 3.17. The van der Waals surface area contributed by atoms with Crippen molar-refractivity contribution in [2.45, 2.75) is 20.3 Å². The summed E-state index contributed by atoms with van der Waals surface area (Å²) in [7, 11) is 0. The molecule has 0 aliphatic rings. The highest BCUT2D eigenvalue weighted by Gasteiger charge is 2.12. The van der Waals surface area contributed by atoms with Crippen LogP contribution in [0.3, 0.4) is 0 Å². The van der Waals surface area contributed by atoms with Crippen LogP contribution >= 0.6 is 0 Å². The molecule has 0 bridgehead atoms. The van der Waals surface area contributed by atoms with Crippen molar-refractivity contribution in [2.75, 3.05) is 18.0 Å². The average Bonchev–Trinajstić information content (AvgIpc) is 2.41. The van der Waals surface area contributed by atoms with Gasteiger partial charge in [-0.15, -0.1) is 0 Å². The van der Waals surface area contributed by atoms with Gasteiger partial charge in [-0.05, 0) is 56.1 Å². The second kappa shape index (κ2) is 6.34. The van der Waals surface area contributed by atoms with Gasteiger partial charge in [0.15, 0.2) is 0 Å². The molecular formula is C16H21N3. The number of para-hydroxylation sites is 1. The summed E-state index contributed by atoms with van der Waals surface area (Å²) in [6, 6.07) is 12.5. The minimum absolute atomic E-state index is 0.689. The number of hydrogen-bond donors (Lipinski definition) is 1. The van der Waals surface area contributed by atoms with E-state index in [0.717, 1.165) is 18.8 Å². The largest absolute Gasteiger partial charge is 0.330 e. The van der Waals surface area contributed by atoms with Gasteiger partial charge in [0.25, 0.3) is 0 Å². The van der Waals surface area contributed by atoms with Gasteiger partial charge in [0.05, 0.1) is 0 Å². The Hall–Kier alpha value is -1.87. The van der Waals surface area contributed by atoms with Crippen molar-refractivity contribution in [1.82, 2.24) is 4.98 Å². The van der Waals surface area contributed by atoms with Crippen molar-refractivity contribution >= 4 is 11.5 Å². The number of rotatable bonds is 5. The number of nitrogens with zero attached hydrogens (tertiary/aromatic N) is 2. The van der Waals surface area contributed by atoms with Crippen molar-refractivity contribution in [2.24, 2.45) is 5.73 Å². The number of aryl methyl sites for hydroxylation is 2. The highest BCUT2D eigenvalue weighted by Crippen LogP contribution is 2.27. The molecule has 3 heteroatoms. The zero-order valence-electron chi connectivity index (χ0n) is 11.6. The van der Waals surface area contributed by atoms with Crippen LogP contribution in [0.25, 0.3) is 0 Å². The van der Waals surface area contributed by atoms with Crippen LogP contribution in [-0.2, 0) is 0 Å². The Kier molecular flexibility index (Phi) is 4.53. The quantitative estimate of drug-likeness (QED) is 0.892. The zero-order valence-corrected chi connectivity index (χ0v) is 11.6. The zero-order chi connectivity index (χ0) is 13.7. The van der Waals surface area contributed by atoms with Gasteiger partial charge in [-0.3, -0.25) is 0 Å². The van der Waals surface area contributed by atoms with Crippen LogP contribution in [0.5, 0.6) is 0 Å². The van der Waals surface area contributed by atoms with Crippen LogP contribution in [0.15, 0.2) is 42.6 Å². The summed E-state index contributed by atoms with van der Waals surface area (Å²) >= 11 is 0. The molecule has 0 radical (unpaired) electrons. The number of anilines is 2. The Morgan fingerprint density at radius 3 is 2.63 bits per heavy atom. The molecule has 1 heterocycles. The average molecular weight is 255 g/mol. The predicted octanol–water partition coefficient (Wildman–Crippen LogP) is 3.19. The maximum Gasteiger partial charge on any atom is 0.133 e. The van der Waals surface area contributed by atoms with Crippen molar-refractivity contribution in [3.8, 4) is 0 Å². The van der Waals surface area contributed by atoms with E-state index in [4.69, 9.17) is 5.73 Å². The maximum absolute atomic E-state index is 5.65. The number of nitrogens with two attached hydrogens (primary N) is 1. The van der Waals surface area contributed by atoms with Crippen molar-refractivity contribution in [3.05, 3.63) is 53.7 Å². The smallest absolute Gasteiger partial charge is 0.133 e. The molecule has 0 spiro atoms. The first-order chi connectivity index (χ1) is 9.22. The Morgan fingerprint density at radius 1 is 1.16 bits per heavy atom. The molecule has 0 unspecified atom stereocenters. The SMILES string of the molecule is Cc1ccnc(N(CCCN)c2ccccc2C)c1. The van der Waals surface area contributed by atoms with Gasteiger partial charge in [-0.25, -0.2) is 4.98 Å². The molecule has 1 aromatic heterocycles. The molecule has 0 aliphatic carbocycles. The molecule has 2 aromatic rings. The van der Waals surface area contributed by atoms with E-state index in [2.05, 4.69) is 54.1 Å². The fraction of sp³-hybridized carbons (Fsp3) is 0.312. The summed E-state index contributed by atoms with van der Waals surface area (Å²) in [6.45, 7) is 5.79. The topological polar surface area (TPSA) is 42.2 Å². The van der Waals surface area contributed by atoms with Gasteiger partial charge in [0.1, 0.15) is 5.82 Å². The summed E-state index contributed by atoms with van der Waals surface area (Å²) in [4.78, 5) is 6.74. The highest BCUT2D eigenvalue weighted by molar-refractivity contribution is 5.63. The lowest BCUT2D eigenvalue weighted by Gasteiger charge is -2.25. The van der Waals surface area contributed by atoms with Gasteiger partial charge >= 0.3 is 0 Å². The Bertz CT molecular complexity index is 537. The van der Waals surface area contributed by atoms with E-state index in [1.54, 1.807) is 0 Å². The minimum Gasteiger partial charge on any atom is -0.330 e. The predicted molar refractivity (Wildman–Crippen MR) is 80.8 cm³/mol. The van der Waals surface area contributed by atoms with Crippen molar-refractivity contribution in [3.63, 3.8) is 0 Å². The van der Waals surface area contributed by atoms with Crippen LogP contribution in [0.4, 0.5) is 11.5 Å². The fourth-order valence-corrected chi connectivity index (χ4v) is 2.14. The summed E-state index contributed by atoms with van der Waals surface area (Å²) in [5.74, 6) is 0.989. The lowest BCUT2D eigenvalue weighted by Crippen LogP contribution is -2.22. The Morgan fingerprint density at radius 2 is 1.95 bits per heavy atom. The molecule has 0 aliphatic heterocycles. The fourth-order valence-electron chi connectivity index (χ4n) is 2.14. The lowest BCUT2D eigenvalue weighted by atomic mass is 10.1. The van der Waals surface area contributed by atoms with Crippen LogP contribution in [0.1, 0.15) is 17.5 Å². The van der Waals surface area contributed by atoms with Crippen LogP contribution < -0.4 is 10.6 Å². The molecular weight excluding hydrogens is 234 g/mol. The molecule has 19 heavy (non-hydrogen) atoms. The van der Waals surface area contributed by atoms with Crippen molar-refractivity contribution < 1.29 is 0 Å². The Labute approximate surface area is 115 Å². The Balaban J connectivity index is 2.38. The van der Waals surface area contributed by atoms with Gasteiger partial charge in [-0.1, -0.05) is 18.2 Å². The van der Waals surface area contributed by atoms with E-state index in [9.17, 15) is 0 Å². The van der Waals surface area contributed by atoms with Gasteiger partial charge in [0.2, 0.25) is 0 Å². The third kappa shape index (κ3) is 3.32. The van der Waals surface area contributed by atoms with E-state index in [1.165, 1.54) is 16.8 Å². The molecule has 0 saturated carbocycles. The molecule has 0 atom stereocenters. The first-order valence-electron chi connectivity index (χ1n) is 6.68. The number of hydrogen-bond acceptors (Lipinski definition) is 3. The lowest BCUT2D eigenvalue weighted by molar-refractivity contribution is 0.808. The van der Waals surface area contributed by atoms with E-state index in [0.29, 0.717) is 6.54 Å². The van der Waals surface area contributed by atoms with E-state index in [-0.39, 0.29) is 0 Å². The maximum atomic E-state index is 5.65. The molecule has 100 valence electrons.